The minimum Gasteiger partial charge on any atom is -0.334 e. The first kappa shape index (κ1) is 15.7. The van der Waals surface area contributed by atoms with Gasteiger partial charge in [0.15, 0.2) is 5.78 Å². The van der Waals surface area contributed by atoms with E-state index in [0.29, 0.717) is 13.0 Å². The lowest BCUT2D eigenvalue weighted by Crippen LogP contribution is -2.30. The van der Waals surface area contributed by atoms with E-state index in [2.05, 4.69) is 39.1 Å². The number of piperidine rings is 1. The molecule has 2 fully saturated rings. The fourth-order valence-electron chi connectivity index (χ4n) is 4.21. The van der Waals surface area contributed by atoms with Gasteiger partial charge in [-0.2, -0.15) is 0 Å². The number of rotatable bonds is 5. The Hall–Kier alpha value is -2.53. The molecule has 1 saturated carbocycles. The lowest BCUT2D eigenvalue weighted by molar-refractivity contribution is -0.119. The molecule has 0 spiro atoms. The minimum absolute atomic E-state index is 0.265. The van der Waals surface area contributed by atoms with Gasteiger partial charge in [0.1, 0.15) is 0 Å². The van der Waals surface area contributed by atoms with Crippen LogP contribution in [-0.4, -0.2) is 44.9 Å². The van der Waals surface area contributed by atoms with E-state index in [4.69, 9.17) is 0 Å². The smallest absolute Gasteiger partial charge is 0.152 e. The lowest BCUT2D eigenvalue weighted by atomic mass is 10.0. The van der Waals surface area contributed by atoms with Gasteiger partial charge in [-0.1, -0.05) is 12.1 Å². The molecular weight excluding hydrogens is 324 g/mol. The molecule has 1 aromatic carbocycles. The highest BCUT2D eigenvalue weighted by Gasteiger charge is 2.45. The molecule has 2 unspecified atom stereocenters. The van der Waals surface area contributed by atoms with Crippen molar-refractivity contribution in [3.8, 4) is 11.3 Å². The monoisotopic (exact) mass is 346 g/mol. The second-order valence-corrected chi connectivity index (χ2v) is 7.79. The summed E-state index contributed by atoms with van der Waals surface area (Å²) >= 11 is 0. The summed E-state index contributed by atoms with van der Waals surface area (Å²) in [5.74, 6) is 2.00. The number of carbonyl (C=O) groups excluding carboxylic acids is 1. The van der Waals surface area contributed by atoms with Gasteiger partial charge in [-0.15, -0.1) is 0 Å². The van der Waals surface area contributed by atoms with Gasteiger partial charge in [-0.05, 0) is 35.8 Å². The normalized spacial score (nSPS) is 21.9. The number of aromatic nitrogens is 3. The maximum absolute atomic E-state index is 12.4. The van der Waals surface area contributed by atoms with Crippen molar-refractivity contribution in [2.75, 3.05) is 19.6 Å². The fourth-order valence-corrected chi connectivity index (χ4v) is 4.21. The Morgan fingerprint density at radius 3 is 2.77 bits per heavy atom. The van der Waals surface area contributed by atoms with Gasteiger partial charge in [-0.25, -0.2) is 4.98 Å². The number of benzene rings is 1. The number of carbonyl (C=O) groups is 1. The molecule has 0 N–H and O–H groups in total. The van der Waals surface area contributed by atoms with Gasteiger partial charge in [0.25, 0.3) is 0 Å². The summed E-state index contributed by atoms with van der Waals surface area (Å²) in [6, 6.07) is 8.36. The van der Waals surface area contributed by atoms with Crippen molar-refractivity contribution in [3.63, 3.8) is 0 Å². The van der Waals surface area contributed by atoms with Crippen molar-refractivity contribution < 1.29 is 4.79 Å². The maximum Gasteiger partial charge on any atom is 0.152 e. The highest BCUT2D eigenvalue weighted by Crippen LogP contribution is 2.44. The standard InChI is InChI=1S/C21H22N4O/c1-24-13-22-9-21(24)14-2-3-15-8-23-19(6-16(15)4-14)7-20(26)12-25-10-17-5-18(17)11-25/h2-4,6,8-9,13,17-18H,5,7,10-12H2,1H3. The molecule has 0 radical (unpaired) electrons. The fraction of sp³-hybridized carbons (Fsp3) is 0.381. The summed E-state index contributed by atoms with van der Waals surface area (Å²) in [7, 11) is 1.99. The third kappa shape index (κ3) is 2.92. The molecular formula is C21H22N4O. The quantitative estimate of drug-likeness (QED) is 0.713. The highest BCUT2D eigenvalue weighted by atomic mass is 16.1. The van der Waals surface area contributed by atoms with Crippen molar-refractivity contribution in [2.24, 2.45) is 18.9 Å². The van der Waals surface area contributed by atoms with Gasteiger partial charge < -0.3 is 4.57 Å². The van der Waals surface area contributed by atoms with Gasteiger partial charge in [0, 0.05) is 43.0 Å². The van der Waals surface area contributed by atoms with Gasteiger partial charge in [-0.3, -0.25) is 14.7 Å². The number of nitrogens with zero attached hydrogens (tertiary/aromatic N) is 4. The van der Waals surface area contributed by atoms with E-state index in [1.54, 1.807) is 6.33 Å². The number of likely N-dealkylation sites (tertiary alicyclic amines) is 1. The average molecular weight is 346 g/mol. The van der Waals surface area contributed by atoms with Crippen molar-refractivity contribution >= 4 is 16.6 Å². The first-order valence-corrected chi connectivity index (χ1v) is 9.25. The van der Waals surface area contributed by atoms with Crippen LogP contribution in [0.2, 0.25) is 0 Å². The Labute approximate surface area is 152 Å². The number of pyridine rings is 1. The summed E-state index contributed by atoms with van der Waals surface area (Å²) in [6.07, 6.45) is 7.33. The second kappa shape index (κ2) is 6.02. The van der Waals surface area contributed by atoms with Crippen LogP contribution in [0, 0.1) is 11.8 Å². The van der Waals surface area contributed by atoms with Crippen molar-refractivity contribution in [1.29, 1.82) is 0 Å². The molecule has 2 aliphatic rings. The Kier molecular flexibility index (Phi) is 3.64. The topological polar surface area (TPSA) is 51.0 Å². The van der Waals surface area contributed by atoms with Crippen LogP contribution in [0.4, 0.5) is 0 Å². The largest absolute Gasteiger partial charge is 0.334 e. The zero-order valence-electron chi connectivity index (χ0n) is 14.9. The van der Waals surface area contributed by atoms with Crippen LogP contribution >= 0.6 is 0 Å². The van der Waals surface area contributed by atoms with Gasteiger partial charge in [0.2, 0.25) is 0 Å². The number of ketones is 1. The molecule has 3 heterocycles. The second-order valence-electron chi connectivity index (χ2n) is 7.79. The number of Topliss-reactive ketones (excluding diaryl/α,β-unsaturated/α-hetero) is 1. The van der Waals surface area contributed by atoms with E-state index < -0.39 is 0 Å². The zero-order valence-corrected chi connectivity index (χ0v) is 14.9. The molecule has 2 aromatic heterocycles. The molecule has 1 saturated heterocycles. The van der Waals surface area contributed by atoms with Crippen molar-refractivity contribution in [1.82, 2.24) is 19.4 Å². The molecule has 5 rings (SSSR count). The van der Waals surface area contributed by atoms with Crippen LogP contribution in [0.25, 0.3) is 22.0 Å². The third-order valence-corrected chi connectivity index (χ3v) is 5.72. The molecule has 1 aliphatic carbocycles. The average Bonchev–Trinajstić information content (AvgIpc) is 3.01. The zero-order chi connectivity index (χ0) is 17.7. The highest BCUT2D eigenvalue weighted by molar-refractivity contribution is 5.88. The first-order chi connectivity index (χ1) is 12.7. The molecule has 5 nitrogen and oxygen atoms in total. The summed E-state index contributed by atoms with van der Waals surface area (Å²) in [5.41, 5.74) is 3.06. The van der Waals surface area contributed by atoms with E-state index in [1.807, 2.05) is 24.0 Å². The van der Waals surface area contributed by atoms with Crippen molar-refractivity contribution in [2.45, 2.75) is 12.8 Å². The summed E-state index contributed by atoms with van der Waals surface area (Å²) in [5, 5.41) is 2.20. The molecule has 1 aliphatic heterocycles. The predicted octanol–water partition coefficient (Wildman–Crippen LogP) is 2.70. The third-order valence-electron chi connectivity index (χ3n) is 5.72. The van der Waals surface area contributed by atoms with E-state index in [1.165, 1.54) is 6.42 Å². The van der Waals surface area contributed by atoms with E-state index in [0.717, 1.165) is 52.6 Å². The molecule has 3 aromatic rings. The molecule has 132 valence electrons. The SMILES string of the molecule is Cn1cncc1-c1ccc2cnc(CC(=O)CN3CC4CC4C3)cc2c1. The number of hydrogen-bond acceptors (Lipinski definition) is 4. The van der Waals surface area contributed by atoms with Crippen LogP contribution in [0.5, 0.6) is 0 Å². The number of aryl methyl sites for hydroxylation is 1. The van der Waals surface area contributed by atoms with Gasteiger partial charge >= 0.3 is 0 Å². The van der Waals surface area contributed by atoms with Crippen LogP contribution in [0.15, 0.2) is 43.0 Å². The van der Waals surface area contributed by atoms with E-state index in [9.17, 15) is 4.79 Å². The van der Waals surface area contributed by atoms with Crippen LogP contribution in [0.1, 0.15) is 12.1 Å². The van der Waals surface area contributed by atoms with Crippen molar-refractivity contribution in [3.05, 3.63) is 48.7 Å². The number of hydrogen-bond donors (Lipinski definition) is 0. The Balaban J connectivity index is 1.34. The van der Waals surface area contributed by atoms with Crippen LogP contribution in [0.3, 0.4) is 0 Å². The molecule has 0 amide bonds. The number of fused-ring (bicyclic) bond motifs is 2. The lowest BCUT2D eigenvalue weighted by Gasteiger charge is -2.16. The summed E-state index contributed by atoms with van der Waals surface area (Å²) in [4.78, 5) is 23.4. The predicted molar refractivity (Wildman–Crippen MR) is 101 cm³/mol. The Bertz CT molecular complexity index is 983. The van der Waals surface area contributed by atoms with E-state index >= 15 is 0 Å². The molecule has 2 atom stereocenters. The molecule has 0 bridgehead atoms. The van der Waals surface area contributed by atoms with Crippen LogP contribution in [-0.2, 0) is 18.3 Å². The Morgan fingerprint density at radius 1 is 1.15 bits per heavy atom. The summed E-state index contributed by atoms with van der Waals surface area (Å²) in [6.45, 7) is 2.78. The van der Waals surface area contributed by atoms with Crippen LogP contribution < -0.4 is 0 Å². The Morgan fingerprint density at radius 2 is 2.00 bits per heavy atom. The molecule has 5 heteroatoms. The number of imidazole rings is 1. The maximum atomic E-state index is 12.4. The minimum atomic E-state index is 0.265. The first-order valence-electron chi connectivity index (χ1n) is 9.25. The molecule has 26 heavy (non-hydrogen) atoms. The van der Waals surface area contributed by atoms with E-state index in [-0.39, 0.29) is 5.78 Å². The van der Waals surface area contributed by atoms with Gasteiger partial charge in [0.05, 0.1) is 31.2 Å². The summed E-state index contributed by atoms with van der Waals surface area (Å²) < 4.78 is 2.01.